The topological polar surface area (TPSA) is 76.0 Å². The van der Waals surface area contributed by atoms with Gasteiger partial charge in [0.1, 0.15) is 11.5 Å². The Morgan fingerprint density at radius 3 is 2.57 bits per heavy atom. The Morgan fingerprint density at radius 2 is 1.95 bits per heavy atom. The first-order valence-corrected chi connectivity index (χ1v) is 7.21. The highest BCUT2D eigenvalue weighted by Gasteiger charge is 2.37. The van der Waals surface area contributed by atoms with Crippen LogP contribution < -0.4 is 9.47 Å². The Balaban J connectivity index is 2.32. The molecule has 1 aliphatic rings. The molecule has 0 bridgehead atoms. The lowest BCUT2D eigenvalue weighted by Crippen LogP contribution is -2.31. The van der Waals surface area contributed by atoms with E-state index in [0.717, 1.165) is 12.8 Å². The summed E-state index contributed by atoms with van der Waals surface area (Å²) < 4.78 is 10.5. The predicted molar refractivity (Wildman–Crippen MR) is 77.6 cm³/mol. The van der Waals surface area contributed by atoms with E-state index in [1.807, 2.05) is 0 Å². The minimum atomic E-state index is -0.864. The van der Waals surface area contributed by atoms with Crippen molar-refractivity contribution in [1.29, 1.82) is 0 Å². The van der Waals surface area contributed by atoms with Crippen LogP contribution in [0.2, 0.25) is 0 Å². The third kappa shape index (κ3) is 3.29. The van der Waals surface area contributed by atoms with Crippen LogP contribution in [-0.4, -0.2) is 30.4 Å². The normalized spacial score (nSPS) is 23.4. The second-order valence-electron chi connectivity index (χ2n) is 5.45. The largest absolute Gasteiger partial charge is 0.497 e. The van der Waals surface area contributed by atoms with E-state index in [1.165, 1.54) is 7.11 Å². The van der Waals surface area contributed by atoms with Gasteiger partial charge in [-0.3, -0.25) is 4.79 Å². The number of methoxy groups -OCH3 is 2. The standard InChI is InChI=1S/C16H22O5/c1-20-10-7-8-14(21-2)13(9-10)15(17)11-5-3-4-6-12(11)16(18)19/h7-9,11-12,15,17H,3-6H2,1-2H3,(H,18,19). The number of aliphatic hydroxyl groups excluding tert-OH is 1. The molecule has 0 saturated heterocycles. The molecule has 0 heterocycles. The number of hydrogen-bond donors (Lipinski definition) is 2. The van der Waals surface area contributed by atoms with E-state index in [1.54, 1.807) is 25.3 Å². The van der Waals surface area contributed by atoms with Crippen LogP contribution in [0.1, 0.15) is 37.4 Å². The van der Waals surface area contributed by atoms with Gasteiger partial charge in [0, 0.05) is 11.5 Å². The first-order valence-electron chi connectivity index (χ1n) is 7.21. The highest BCUT2D eigenvalue weighted by atomic mass is 16.5. The summed E-state index contributed by atoms with van der Waals surface area (Å²) in [5, 5.41) is 20.1. The van der Waals surface area contributed by atoms with Gasteiger partial charge in [-0.15, -0.1) is 0 Å². The van der Waals surface area contributed by atoms with Crippen molar-refractivity contribution in [2.75, 3.05) is 14.2 Å². The van der Waals surface area contributed by atoms with E-state index in [2.05, 4.69) is 0 Å². The molecule has 116 valence electrons. The number of benzene rings is 1. The maximum atomic E-state index is 11.4. The lowest BCUT2D eigenvalue weighted by molar-refractivity contribution is -0.147. The van der Waals surface area contributed by atoms with Crippen molar-refractivity contribution < 1.29 is 24.5 Å². The molecule has 1 saturated carbocycles. The summed E-state index contributed by atoms with van der Waals surface area (Å²) in [6, 6.07) is 5.21. The van der Waals surface area contributed by atoms with Crippen molar-refractivity contribution in [3.8, 4) is 11.5 Å². The Kier molecular flexibility index (Phi) is 5.07. The zero-order chi connectivity index (χ0) is 15.4. The second kappa shape index (κ2) is 6.80. The van der Waals surface area contributed by atoms with Gasteiger partial charge in [0.15, 0.2) is 0 Å². The van der Waals surface area contributed by atoms with Crippen LogP contribution in [-0.2, 0) is 4.79 Å². The van der Waals surface area contributed by atoms with Gasteiger partial charge in [-0.05, 0) is 31.0 Å². The van der Waals surface area contributed by atoms with E-state index in [0.29, 0.717) is 29.9 Å². The summed E-state index contributed by atoms with van der Waals surface area (Å²) in [4.78, 5) is 11.4. The third-order valence-corrected chi connectivity index (χ3v) is 4.30. The minimum Gasteiger partial charge on any atom is -0.497 e. The molecule has 0 aromatic heterocycles. The number of aliphatic carboxylic acids is 1. The van der Waals surface area contributed by atoms with E-state index in [9.17, 15) is 15.0 Å². The molecule has 3 atom stereocenters. The van der Waals surface area contributed by atoms with E-state index >= 15 is 0 Å². The van der Waals surface area contributed by atoms with E-state index in [4.69, 9.17) is 9.47 Å². The molecule has 1 aromatic rings. The maximum absolute atomic E-state index is 11.4. The Labute approximate surface area is 124 Å². The molecule has 1 fully saturated rings. The van der Waals surface area contributed by atoms with Gasteiger partial charge < -0.3 is 19.7 Å². The zero-order valence-electron chi connectivity index (χ0n) is 12.4. The number of ether oxygens (including phenoxy) is 2. The fourth-order valence-electron chi connectivity index (χ4n) is 3.15. The third-order valence-electron chi connectivity index (χ3n) is 4.30. The van der Waals surface area contributed by atoms with E-state index < -0.39 is 18.0 Å². The monoisotopic (exact) mass is 294 g/mol. The highest BCUT2D eigenvalue weighted by molar-refractivity contribution is 5.70. The quantitative estimate of drug-likeness (QED) is 0.873. The molecule has 0 spiro atoms. The summed E-state index contributed by atoms with van der Waals surface area (Å²) in [7, 11) is 3.09. The number of carbonyl (C=O) groups is 1. The van der Waals surface area contributed by atoms with Crippen molar-refractivity contribution in [2.45, 2.75) is 31.8 Å². The van der Waals surface area contributed by atoms with Gasteiger partial charge in [-0.2, -0.15) is 0 Å². The number of carboxylic acids is 1. The summed E-state index contributed by atoms with van der Waals surface area (Å²) >= 11 is 0. The molecule has 2 rings (SSSR count). The molecular formula is C16H22O5. The van der Waals surface area contributed by atoms with Gasteiger partial charge in [0.25, 0.3) is 0 Å². The van der Waals surface area contributed by atoms with Gasteiger partial charge in [-0.1, -0.05) is 12.8 Å². The van der Waals surface area contributed by atoms with Crippen molar-refractivity contribution in [3.05, 3.63) is 23.8 Å². The minimum absolute atomic E-state index is 0.294. The van der Waals surface area contributed by atoms with Crippen LogP contribution in [0.3, 0.4) is 0 Å². The average molecular weight is 294 g/mol. The number of aliphatic hydroxyl groups is 1. The lowest BCUT2D eigenvalue weighted by Gasteiger charge is -2.33. The number of rotatable bonds is 5. The predicted octanol–water partition coefficient (Wildman–Crippen LogP) is 2.63. The van der Waals surface area contributed by atoms with Gasteiger partial charge in [0.2, 0.25) is 0 Å². The molecule has 1 aliphatic carbocycles. The second-order valence-corrected chi connectivity index (χ2v) is 5.45. The smallest absolute Gasteiger partial charge is 0.306 e. The highest BCUT2D eigenvalue weighted by Crippen LogP contribution is 2.42. The molecule has 0 radical (unpaired) electrons. The fourth-order valence-corrected chi connectivity index (χ4v) is 3.15. The average Bonchev–Trinajstić information content (AvgIpc) is 2.53. The lowest BCUT2D eigenvalue weighted by atomic mass is 9.74. The maximum Gasteiger partial charge on any atom is 0.306 e. The molecule has 5 nitrogen and oxygen atoms in total. The summed E-state index contributed by atoms with van der Waals surface area (Å²) in [6.07, 6.45) is 2.30. The first-order chi connectivity index (χ1) is 10.1. The summed E-state index contributed by atoms with van der Waals surface area (Å²) in [5.74, 6) is -0.465. The van der Waals surface area contributed by atoms with Crippen LogP contribution in [0, 0.1) is 11.8 Å². The Hall–Kier alpha value is -1.75. The van der Waals surface area contributed by atoms with Gasteiger partial charge >= 0.3 is 5.97 Å². The fraction of sp³-hybridized carbons (Fsp3) is 0.562. The number of carboxylic acid groups (broad SMARTS) is 1. The molecule has 5 heteroatoms. The molecular weight excluding hydrogens is 272 g/mol. The van der Waals surface area contributed by atoms with Crippen molar-refractivity contribution in [3.63, 3.8) is 0 Å². The van der Waals surface area contributed by atoms with Gasteiger partial charge in [-0.25, -0.2) is 0 Å². The van der Waals surface area contributed by atoms with Crippen molar-refractivity contribution in [2.24, 2.45) is 11.8 Å². The summed E-state index contributed by atoms with van der Waals surface area (Å²) in [6.45, 7) is 0. The van der Waals surface area contributed by atoms with Crippen molar-refractivity contribution >= 4 is 5.97 Å². The molecule has 0 aliphatic heterocycles. The molecule has 0 amide bonds. The van der Waals surface area contributed by atoms with Crippen LogP contribution in [0.5, 0.6) is 11.5 Å². The van der Waals surface area contributed by atoms with Crippen LogP contribution >= 0.6 is 0 Å². The molecule has 2 N–H and O–H groups in total. The Bertz CT molecular complexity index is 499. The Morgan fingerprint density at radius 1 is 1.24 bits per heavy atom. The van der Waals surface area contributed by atoms with E-state index in [-0.39, 0.29) is 5.92 Å². The number of hydrogen-bond acceptors (Lipinski definition) is 4. The first kappa shape index (κ1) is 15.6. The molecule has 21 heavy (non-hydrogen) atoms. The summed E-state index contributed by atoms with van der Waals surface area (Å²) in [5.41, 5.74) is 0.593. The SMILES string of the molecule is COc1ccc(OC)c(C(O)C2CCCCC2C(=O)O)c1. The van der Waals surface area contributed by atoms with Crippen molar-refractivity contribution in [1.82, 2.24) is 0 Å². The van der Waals surface area contributed by atoms with Crippen LogP contribution in [0.4, 0.5) is 0 Å². The molecule has 1 aromatic carbocycles. The van der Waals surface area contributed by atoms with Gasteiger partial charge in [0.05, 0.1) is 26.2 Å². The van der Waals surface area contributed by atoms with Crippen LogP contribution in [0.25, 0.3) is 0 Å². The van der Waals surface area contributed by atoms with Crippen LogP contribution in [0.15, 0.2) is 18.2 Å². The molecule has 3 unspecified atom stereocenters. The zero-order valence-corrected chi connectivity index (χ0v) is 12.4.